The first-order valence-electron chi connectivity index (χ1n) is 7.01. The topological polar surface area (TPSA) is 61.8 Å². The van der Waals surface area contributed by atoms with E-state index in [2.05, 4.69) is 5.32 Å². The van der Waals surface area contributed by atoms with Crippen LogP contribution in [0.2, 0.25) is 0 Å². The number of amides is 1. The fraction of sp³-hybridized carbons (Fsp3) is 0.533. The van der Waals surface area contributed by atoms with Gasteiger partial charge in [0.15, 0.2) is 11.5 Å². The maximum Gasteiger partial charge on any atom is 0.224 e. The molecule has 5 nitrogen and oxygen atoms in total. The molecule has 2 N–H and O–H groups in total. The molecule has 1 aromatic rings. The molecule has 1 heterocycles. The summed E-state index contributed by atoms with van der Waals surface area (Å²) in [5, 5.41) is 13.0. The van der Waals surface area contributed by atoms with Gasteiger partial charge < -0.3 is 20.1 Å². The maximum absolute atomic E-state index is 12.2. The van der Waals surface area contributed by atoms with E-state index in [-0.39, 0.29) is 17.7 Å². The van der Waals surface area contributed by atoms with Crippen LogP contribution in [0.1, 0.15) is 12.0 Å². The third-order valence-electron chi connectivity index (χ3n) is 3.51. The first kappa shape index (κ1) is 16.0. The summed E-state index contributed by atoms with van der Waals surface area (Å²) in [6.45, 7) is 1.48. The van der Waals surface area contributed by atoms with Crippen molar-refractivity contribution in [3.8, 4) is 11.5 Å². The first-order chi connectivity index (χ1) is 10.1. The highest BCUT2D eigenvalue weighted by Crippen LogP contribution is 2.26. The Morgan fingerprint density at radius 3 is 3.05 bits per heavy atom. The zero-order chi connectivity index (χ0) is 15.2. The number of ether oxygens (including phenoxy) is 1. The summed E-state index contributed by atoms with van der Waals surface area (Å²) in [7, 11) is 3.32. The minimum Gasteiger partial charge on any atom is -0.504 e. The zero-order valence-corrected chi connectivity index (χ0v) is 13.3. The monoisotopic (exact) mass is 310 g/mol. The van der Waals surface area contributed by atoms with E-state index in [0.717, 1.165) is 23.6 Å². The number of hydrogen-bond donors (Lipinski definition) is 2. The fourth-order valence-corrected chi connectivity index (χ4v) is 3.25. The molecule has 1 unspecified atom stereocenters. The Bertz CT molecular complexity index is 490. The number of methoxy groups -OCH3 is 1. The summed E-state index contributed by atoms with van der Waals surface area (Å²) in [6, 6.07) is 5.42. The van der Waals surface area contributed by atoms with Gasteiger partial charge in [0.2, 0.25) is 5.91 Å². The Labute approximate surface area is 129 Å². The van der Waals surface area contributed by atoms with Crippen LogP contribution in [0, 0.1) is 0 Å². The molecule has 0 aliphatic carbocycles. The number of phenols is 1. The molecule has 6 heteroatoms. The number of phenolic OH excluding ortho intramolecular Hbond substituents is 1. The number of aromatic hydroxyl groups is 1. The lowest BCUT2D eigenvalue weighted by molar-refractivity contribution is -0.130. The van der Waals surface area contributed by atoms with Crippen LogP contribution in [-0.2, 0) is 11.3 Å². The van der Waals surface area contributed by atoms with Gasteiger partial charge in [0.25, 0.3) is 0 Å². The summed E-state index contributed by atoms with van der Waals surface area (Å²) < 4.78 is 5.08. The van der Waals surface area contributed by atoms with E-state index >= 15 is 0 Å². The predicted octanol–water partition coefficient (Wildman–Crippen LogP) is 1.45. The Hall–Kier alpha value is -1.40. The number of carbonyl (C=O) groups is 1. The van der Waals surface area contributed by atoms with Crippen molar-refractivity contribution in [2.24, 2.45) is 0 Å². The predicted molar refractivity (Wildman–Crippen MR) is 84.9 cm³/mol. The highest BCUT2D eigenvalue weighted by molar-refractivity contribution is 7.99. The number of hydrogen-bond acceptors (Lipinski definition) is 5. The second kappa shape index (κ2) is 7.56. The van der Waals surface area contributed by atoms with Crippen LogP contribution in [-0.4, -0.2) is 54.2 Å². The van der Waals surface area contributed by atoms with Gasteiger partial charge in [-0.1, -0.05) is 6.07 Å². The molecular weight excluding hydrogens is 288 g/mol. The van der Waals surface area contributed by atoms with Crippen LogP contribution in [0.15, 0.2) is 18.2 Å². The fourth-order valence-electron chi connectivity index (χ4n) is 2.30. The van der Waals surface area contributed by atoms with Crippen LogP contribution >= 0.6 is 11.8 Å². The van der Waals surface area contributed by atoms with Crippen molar-refractivity contribution in [1.29, 1.82) is 0 Å². The molecule has 21 heavy (non-hydrogen) atoms. The van der Waals surface area contributed by atoms with Gasteiger partial charge in [-0.2, -0.15) is 11.8 Å². The number of carbonyl (C=O) groups excluding carboxylic acids is 1. The second-order valence-electron chi connectivity index (χ2n) is 5.19. The Balaban J connectivity index is 1.90. The molecule has 0 bridgehead atoms. The standard InChI is InChI=1S/C15H22N2O3S/c1-17(15(19)8-12-10-21-6-5-16-12)9-11-3-4-13(18)14(7-11)20-2/h3-4,7,12,16,18H,5-6,8-10H2,1-2H3. The van der Waals surface area contributed by atoms with E-state index in [1.54, 1.807) is 30.1 Å². The SMILES string of the molecule is COc1cc(CN(C)C(=O)CC2CSCCN2)ccc1O. The smallest absolute Gasteiger partial charge is 0.224 e. The Morgan fingerprint density at radius 2 is 2.38 bits per heavy atom. The molecule has 2 rings (SSSR count). The van der Waals surface area contributed by atoms with Gasteiger partial charge >= 0.3 is 0 Å². The van der Waals surface area contributed by atoms with Crippen molar-refractivity contribution in [3.63, 3.8) is 0 Å². The molecular formula is C15H22N2O3S. The minimum absolute atomic E-state index is 0.110. The number of nitrogens with zero attached hydrogens (tertiary/aromatic N) is 1. The summed E-state index contributed by atoms with van der Waals surface area (Å²) in [5.74, 6) is 2.78. The average molecular weight is 310 g/mol. The van der Waals surface area contributed by atoms with E-state index < -0.39 is 0 Å². The highest BCUT2D eigenvalue weighted by atomic mass is 32.2. The van der Waals surface area contributed by atoms with Crippen molar-refractivity contribution in [3.05, 3.63) is 23.8 Å². The number of nitrogens with one attached hydrogen (secondary N) is 1. The third kappa shape index (κ3) is 4.54. The van der Waals surface area contributed by atoms with Crippen molar-refractivity contribution in [2.45, 2.75) is 19.0 Å². The van der Waals surface area contributed by atoms with Crippen molar-refractivity contribution in [1.82, 2.24) is 10.2 Å². The van der Waals surface area contributed by atoms with Crippen LogP contribution in [0.4, 0.5) is 0 Å². The van der Waals surface area contributed by atoms with E-state index in [1.165, 1.54) is 7.11 Å². The maximum atomic E-state index is 12.2. The lowest BCUT2D eigenvalue weighted by Crippen LogP contribution is -2.41. The van der Waals surface area contributed by atoms with Gasteiger partial charge in [-0.25, -0.2) is 0 Å². The lowest BCUT2D eigenvalue weighted by Gasteiger charge is -2.25. The van der Waals surface area contributed by atoms with E-state index in [4.69, 9.17) is 4.74 Å². The normalized spacial score (nSPS) is 18.3. The van der Waals surface area contributed by atoms with Crippen LogP contribution < -0.4 is 10.1 Å². The Kier molecular flexibility index (Phi) is 5.76. The Morgan fingerprint density at radius 1 is 1.57 bits per heavy atom. The summed E-state index contributed by atoms with van der Waals surface area (Å²) in [4.78, 5) is 13.9. The summed E-state index contributed by atoms with van der Waals surface area (Å²) >= 11 is 1.89. The van der Waals surface area contributed by atoms with Crippen molar-refractivity contribution < 1.29 is 14.6 Å². The largest absolute Gasteiger partial charge is 0.504 e. The van der Waals surface area contributed by atoms with Crippen LogP contribution in [0.3, 0.4) is 0 Å². The minimum atomic E-state index is 0.110. The van der Waals surface area contributed by atoms with Crippen LogP contribution in [0.5, 0.6) is 11.5 Å². The van der Waals surface area contributed by atoms with E-state index in [1.807, 2.05) is 11.8 Å². The highest BCUT2D eigenvalue weighted by Gasteiger charge is 2.19. The number of thioether (sulfide) groups is 1. The summed E-state index contributed by atoms with van der Waals surface area (Å²) in [5.41, 5.74) is 0.937. The van der Waals surface area contributed by atoms with Gasteiger partial charge in [0.05, 0.1) is 7.11 Å². The molecule has 116 valence electrons. The van der Waals surface area contributed by atoms with Gasteiger partial charge in [-0.15, -0.1) is 0 Å². The molecule has 0 aromatic heterocycles. The van der Waals surface area contributed by atoms with Gasteiger partial charge in [-0.3, -0.25) is 4.79 Å². The first-order valence-corrected chi connectivity index (χ1v) is 8.16. The van der Waals surface area contributed by atoms with Crippen molar-refractivity contribution in [2.75, 3.05) is 32.2 Å². The lowest BCUT2D eigenvalue weighted by atomic mass is 10.1. The quantitative estimate of drug-likeness (QED) is 0.862. The number of rotatable bonds is 5. The molecule has 0 radical (unpaired) electrons. The second-order valence-corrected chi connectivity index (χ2v) is 6.34. The van der Waals surface area contributed by atoms with Crippen LogP contribution in [0.25, 0.3) is 0 Å². The van der Waals surface area contributed by atoms with Gasteiger partial charge in [0.1, 0.15) is 0 Å². The van der Waals surface area contributed by atoms with Gasteiger partial charge in [-0.05, 0) is 17.7 Å². The van der Waals surface area contributed by atoms with Crippen molar-refractivity contribution >= 4 is 17.7 Å². The number of benzene rings is 1. The molecule has 1 amide bonds. The molecule has 1 aliphatic heterocycles. The molecule has 0 spiro atoms. The molecule has 1 aromatic carbocycles. The summed E-state index contributed by atoms with van der Waals surface area (Å²) in [6.07, 6.45) is 0.527. The van der Waals surface area contributed by atoms with E-state index in [9.17, 15) is 9.90 Å². The average Bonchev–Trinajstić information content (AvgIpc) is 2.50. The molecule has 1 saturated heterocycles. The molecule has 1 aliphatic rings. The molecule has 0 saturated carbocycles. The zero-order valence-electron chi connectivity index (χ0n) is 12.5. The molecule has 1 fully saturated rings. The van der Waals surface area contributed by atoms with E-state index in [0.29, 0.717) is 18.7 Å². The third-order valence-corrected chi connectivity index (χ3v) is 4.64. The van der Waals surface area contributed by atoms with Gasteiger partial charge in [0, 0.05) is 44.1 Å². The molecule has 1 atom stereocenters.